The minimum Gasteiger partial charge on any atom is -0.494 e. The smallest absolute Gasteiger partial charge is 0.303 e. The van der Waals surface area contributed by atoms with Gasteiger partial charge in [0.25, 0.3) is 5.91 Å². The van der Waals surface area contributed by atoms with Crippen molar-refractivity contribution in [2.75, 3.05) is 6.61 Å². The highest BCUT2D eigenvalue weighted by Crippen LogP contribution is 2.17. The number of pyridine rings is 1. The summed E-state index contributed by atoms with van der Waals surface area (Å²) < 4.78 is 7.19. The Morgan fingerprint density at radius 3 is 2.71 bits per heavy atom. The number of amides is 1. The van der Waals surface area contributed by atoms with Crippen LogP contribution in [0.15, 0.2) is 36.5 Å². The fourth-order valence-corrected chi connectivity index (χ4v) is 2.83. The lowest BCUT2D eigenvalue weighted by molar-refractivity contribution is -0.137. The number of hydrogen-bond donors (Lipinski definition) is 2. The monoisotopic (exact) mass is 382 g/mol. The molecule has 8 heteroatoms. The summed E-state index contributed by atoms with van der Waals surface area (Å²) in [5.41, 5.74) is 2.99. The molecule has 0 bridgehead atoms. The van der Waals surface area contributed by atoms with Crippen LogP contribution in [-0.4, -0.2) is 38.4 Å². The predicted molar refractivity (Wildman–Crippen MR) is 103 cm³/mol. The van der Waals surface area contributed by atoms with Gasteiger partial charge in [-0.1, -0.05) is 12.1 Å². The zero-order valence-electron chi connectivity index (χ0n) is 15.8. The molecular weight excluding hydrogens is 360 g/mol. The first-order chi connectivity index (χ1) is 13.4. The first kappa shape index (κ1) is 19.3. The predicted octanol–water partition coefficient (Wildman–Crippen LogP) is 2.45. The molecule has 8 nitrogen and oxygen atoms in total. The van der Waals surface area contributed by atoms with E-state index in [4.69, 9.17) is 9.84 Å². The summed E-state index contributed by atoms with van der Waals surface area (Å²) in [5.74, 6) is -0.364. The summed E-state index contributed by atoms with van der Waals surface area (Å²) in [4.78, 5) is 27.2. The van der Waals surface area contributed by atoms with Crippen molar-refractivity contribution in [1.29, 1.82) is 0 Å². The van der Waals surface area contributed by atoms with Gasteiger partial charge in [-0.2, -0.15) is 5.10 Å². The number of carbonyl (C=O) groups is 2. The average molecular weight is 382 g/mol. The molecule has 0 fully saturated rings. The van der Waals surface area contributed by atoms with Crippen molar-refractivity contribution in [3.05, 3.63) is 53.3 Å². The average Bonchev–Trinajstić information content (AvgIpc) is 2.97. The Labute approximate surface area is 162 Å². The van der Waals surface area contributed by atoms with E-state index >= 15 is 0 Å². The van der Waals surface area contributed by atoms with E-state index in [1.54, 1.807) is 29.1 Å². The third kappa shape index (κ3) is 4.64. The summed E-state index contributed by atoms with van der Waals surface area (Å²) in [5, 5.41) is 16.6. The minimum atomic E-state index is -0.831. The van der Waals surface area contributed by atoms with E-state index in [0.29, 0.717) is 30.9 Å². The number of nitrogens with one attached hydrogen (secondary N) is 1. The van der Waals surface area contributed by atoms with Gasteiger partial charge in [-0.15, -0.1) is 0 Å². The molecule has 0 atom stereocenters. The highest BCUT2D eigenvalue weighted by atomic mass is 16.5. The van der Waals surface area contributed by atoms with Crippen LogP contribution in [-0.2, 0) is 18.4 Å². The molecule has 0 saturated heterocycles. The number of aromatic nitrogens is 3. The van der Waals surface area contributed by atoms with Crippen LogP contribution in [0.3, 0.4) is 0 Å². The molecule has 0 aliphatic heterocycles. The first-order valence-electron chi connectivity index (χ1n) is 8.95. The lowest BCUT2D eigenvalue weighted by Gasteiger charge is -2.08. The zero-order chi connectivity index (χ0) is 20.1. The van der Waals surface area contributed by atoms with Gasteiger partial charge in [0, 0.05) is 31.6 Å². The van der Waals surface area contributed by atoms with Crippen molar-refractivity contribution in [3.63, 3.8) is 0 Å². The summed E-state index contributed by atoms with van der Waals surface area (Å²) in [6.07, 6.45) is 2.10. The molecule has 0 unspecified atom stereocenters. The molecule has 1 amide bonds. The minimum absolute atomic E-state index is 0.0866. The van der Waals surface area contributed by atoms with Crippen LogP contribution >= 0.6 is 0 Å². The van der Waals surface area contributed by atoms with Gasteiger partial charge in [-0.05, 0) is 37.1 Å². The van der Waals surface area contributed by atoms with Crippen molar-refractivity contribution < 1.29 is 19.4 Å². The van der Waals surface area contributed by atoms with Crippen LogP contribution in [0.25, 0.3) is 11.0 Å². The zero-order valence-corrected chi connectivity index (χ0v) is 15.8. The number of aryl methyl sites for hydroxylation is 2. The van der Waals surface area contributed by atoms with Crippen LogP contribution in [0.2, 0.25) is 0 Å². The van der Waals surface area contributed by atoms with Crippen LogP contribution in [0.1, 0.15) is 34.5 Å². The summed E-state index contributed by atoms with van der Waals surface area (Å²) in [7, 11) is 1.82. The number of carbonyl (C=O) groups excluding carboxylic acids is 1. The summed E-state index contributed by atoms with van der Waals surface area (Å²) in [6.45, 7) is 2.62. The number of carboxylic acids is 1. The van der Waals surface area contributed by atoms with Crippen LogP contribution in [0.4, 0.5) is 0 Å². The Hall–Kier alpha value is -3.42. The van der Waals surface area contributed by atoms with E-state index < -0.39 is 5.97 Å². The molecule has 1 aromatic carbocycles. The van der Waals surface area contributed by atoms with Crippen molar-refractivity contribution in [2.24, 2.45) is 7.05 Å². The molecule has 2 N–H and O–H groups in total. The number of rotatable bonds is 8. The maximum Gasteiger partial charge on any atom is 0.303 e. The Morgan fingerprint density at radius 2 is 2.00 bits per heavy atom. The van der Waals surface area contributed by atoms with Gasteiger partial charge in [-0.25, -0.2) is 4.98 Å². The topological polar surface area (TPSA) is 106 Å². The van der Waals surface area contributed by atoms with Crippen LogP contribution in [0.5, 0.6) is 5.75 Å². The van der Waals surface area contributed by atoms with Gasteiger partial charge < -0.3 is 15.2 Å². The molecular formula is C20H22N4O4. The van der Waals surface area contributed by atoms with Crippen LogP contribution < -0.4 is 10.1 Å². The maximum atomic E-state index is 12.4. The SMILES string of the molecule is Cc1nn(C)c2ncc(C(=O)NCc3ccc(OCCCC(=O)O)cc3)cc12. The Bertz CT molecular complexity index is 995. The number of ether oxygens (including phenoxy) is 1. The summed E-state index contributed by atoms with van der Waals surface area (Å²) in [6, 6.07) is 9.12. The van der Waals surface area contributed by atoms with E-state index in [2.05, 4.69) is 15.4 Å². The first-order valence-corrected chi connectivity index (χ1v) is 8.95. The maximum absolute atomic E-state index is 12.4. The Kier molecular flexibility index (Phi) is 5.88. The van der Waals surface area contributed by atoms with Crippen molar-refractivity contribution in [3.8, 4) is 5.75 Å². The molecule has 2 heterocycles. The second-order valence-electron chi connectivity index (χ2n) is 6.48. The molecule has 146 valence electrons. The molecule has 0 saturated carbocycles. The van der Waals surface area contributed by atoms with E-state index in [0.717, 1.165) is 22.3 Å². The second-order valence-corrected chi connectivity index (χ2v) is 6.48. The van der Waals surface area contributed by atoms with Gasteiger partial charge in [0.15, 0.2) is 5.65 Å². The normalized spacial score (nSPS) is 10.8. The van der Waals surface area contributed by atoms with E-state index in [1.807, 2.05) is 26.1 Å². The molecule has 2 aromatic heterocycles. The van der Waals surface area contributed by atoms with Crippen molar-refractivity contribution in [2.45, 2.75) is 26.3 Å². The number of carboxylic acid groups (broad SMARTS) is 1. The second kappa shape index (κ2) is 8.51. The largest absolute Gasteiger partial charge is 0.494 e. The molecule has 3 rings (SSSR count). The highest BCUT2D eigenvalue weighted by Gasteiger charge is 2.11. The third-order valence-electron chi connectivity index (χ3n) is 4.31. The number of fused-ring (bicyclic) bond motifs is 1. The lowest BCUT2D eigenvalue weighted by atomic mass is 10.2. The molecule has 0 aliphatic carbocycles. The van der Waals surface area contributed by atoms with Gasteiger partial charge in [-0.3, -0.25) is 14.3 Å². The van der Waals surface area contributed by atoms with E-state index in [-0.39, 0.29) is 12.3 Å². The molecule has 3 aromatic rings. The number of benzene rings is 1. The standard InChI is InChI=1S/C20H22N4O4/c1-13-17-10-15(12-21-19(17)24(2)23-13)20(27)22-11-14-5-7-16(8-6-14)28-9-3-4-18(25)26/h5-8,10,12H,3-4,9,11H2,1-2H3,(H,22,27)(H,25,26). The van der Waals surface area contributed by atoms with E-state index in [1.165, 1.54) is 0 Å². The molecule has 0 radical (unpaired) electrons. The highest BCUT2D eigenvalue weighted by molar-refractivity contribution is 5.97. The van der Waals surface area contributed by atoms with Gasteiger partial charge in [0.05, 0.1) is 17.9 Å². The Morgan fingerprint density at radius 1 is 1.25 bits per heavy atom. The lowest BCUT2D eigenvalue weighted by Crippen LogP contribution is -2.22. The number of nitrogens with zero attached hydrogens (tertiary/aromatic N) is 3. The number of aliphatic carboxylic acids is 1. The van der Waals surface area contributed by atoms with E-state index in [9.17, 15) is 9.59 Å². The Balaban J connectivity index is 1.54. The quantitative estimate of drug-likeness (QED) is 0.580. The number of hydrogen-bond acceptors (Lipinski definition) is 5. The molecule has 0 aliphatic rings. The van der Waals surface area contributed by atoms with Gasteiger partial charge in [0.1, 0.15) is 5.75 Å². The van der Waals surface area contributed by atoms with Gasteiger partial charge >= 0.3 is 5.97 Å². The van der Waals surface area contributed by atoms with Gasteiger partial charge in [0.2, 0.25) is 0 Å². The fourth-order valence-electron chi connectivity index (χ4n) is 2.83. The van der Waals surface area contributed by atoms with Crippen molar-refractivity contribution in [1.82, 2.24) is 20.1 Å². The fraction of sp³-hybridized carbons (Fsp3) is 0.300. The molecule has 28 heavy (non-hydrogen) atoms. The van der Waals surface area contributed by atoms with Crippen molar-refractivity contribution >= 4 is 22.9 Å². The third-order valence-corrected chi connectivity index (χ3v) is 4.31. The molecule has 0 spiro atoms. The summed E-state index contributed by atoms with van der Waals surface area (Å²) >= 11 is 0. The van der Waals surface area contributed by atoms with Crippen LogP contribution in [0, 0.1) is 6.92 Å².